The lowest BCUT2D eigenvalue weighted by Gasteiger charge is -2.48. The lowest BCUT2D eigenvalue weighted by Crippen LogP contribution is -2.62. The normalized spacial score (nSPS) is 18.0. The first-order valence-electron chi connectivity index (χ1n) is 16.9. The molecule has 4 rings (SSSR count). The van der Waals surface area contributed by atoms with E-state index in [-0.39, 0.29) is 23.1 Å². The van der Waals surface area contributed by atoms with E-state index in [4.69, 9.17) is 15.2 Å². The molecule has 0 fully saturated rings. The van der Waals surface area contributed by atoms with Gasteiger partial charge in [0.25, 0.3) is 0 Å². The molecule has 0 bridgehead atoms. The molecule has 0 saturated heterocycles. The molecule has 0 saturated carbocycles. The number of hydrogen-bond acceptors (Lipinski definition) is 8. The van der Waals surface area contributed by atoms with Crippen LogP contribution in [-0.4, -0.2) is 71.7 Å². The van der Waals surface area contributed by atoms with E-state index in [1.165, 1.54) is 20.3 Å². The summed E-state index contributed by atoms with van der Waals surface area (Å²) in [6.07, 6.45) is 4.90. The summed E-state index contributed by atoms with van der Waals surface area (Å²) in [5, 5.41) is 13.8. The van der Waals surface area contributed by atoms with E-state index in [1.807, 2.05) is 45.0 Å². The molecule has 3 atom stereocenters. The topological polar surface area (TPSA) is 140 Å². The zero-order valence-corrected chi connectivity index (χ0v) is 29.6. The number of carbonyl (C=O) groups excluding carboxylic acids is 1. The molecule has 1 amide bonds. The highest BCUT2D eigenvalue weighted by atomic mass is 19.1. The van der Waals surface area contributed by atoms with Gasteiger partial charge in [0.15, 0.2) is 0 Å². The van der Waals surface area contributed by atoms with Crippen molar-refractivity contribution in [1.82, 2.24) is 20.2 Å². The van der Waals surface area contributed by atoms with Gasteiger partial charge in [0.1, 0.15) is 17.0 Å². The number of allylic oxidation sites excluding steroid dienone is 2. The summed E-state index contributed by atoms with van der Waals surface area (Å²) < 4.78 is 40.7. The average molecular weight is 692 g/mol. The molecule has 1 aromatic heterocycles. The number of halogens is 2. The van der Waals surface area contributed by atoms with Gasteiger partial charge in [0, 0.05) is 38.4 Å². The molecule has 0 radical (unpaired) electrons. The van der Waals surface area contributed by atoms with Crippen LogP contribution in [0, 0.1) is 17.6 Å². The smallest absolute Gasteiger partial charge is 0.333 e. The quantitative estimate of drug-likeness (QED) is 0.170. The van der Waals surface area contributed by atoms with Gasteiger partial charge in [-0.2, -0.15) is 4.98 Å². The first kappa shape index (κ1) is 38.1. The summed E-state index contributed by atoms with van der Waals surface area (Å²) in [6, 6.07) is 9.51. The maximum Gasteiger partial charge on any atom is 0.333 e. The highest BCUT2D eigenvalue weighted by molar-refractivity contribution is 5.99. The third-order valence-corrected chi connectivity index (χ3v) is 9.17. The Morgan fingerprint density at radius 2 is 1.74 bits per heavy atom. The zero-order valence-electron chi connectivity index (χ0n) is 29.6. The second-order valence-corrected chi connectivity index (χ2v) is 12.5. The number of aromatic nitrogens is 2. The molecule has 0 aliphatic heterocycles. The Morgan fingerprint density at radius 1 is 1.06 bits per heavy atom. The molecule has 1 aliphatic rings. The molecule has 268 valence electrons. The van der Waals surface area contributed by atoms with Crippen LogP contribution in [0.1, 0.15) is 58.1 Å². The van der Waals surface area contributed by atoms with Crippen molar-refractivity contribution in [2.45, 2.75) is 65.0 Å². The SMILES string of the molecule is CCCN(CCC)C(=O)C1(c2cc(F)cc(F)c2)C([C@@H](CC)CNCc2cccc(-c3cnc(OC)nc3OC)c2)=C(C)C=C(C(=O)O)[C@H]1N. The number of aliphatic carboxylic acids is 1. The Kier molecular flexibility index (Phi) is 12.8. The molecule has 1 heterocycles. The number of carboxylic acid groups (broad SMARTS) is 1. The number of carboxylic acids is 1. The van der Waals surface area contributed by atoms with Crippen LogP contribution in [0.15, 0.2) is 71.5 Å². The highest BCUT2D eigenvalue weighted by Crippen LogP contribution is 2.48. The third-order valence-electron chi connectivity index (χ3n) is 9.17. The Bertz CT molecular complexity index is 1740. The number of nitrogens with one attached hydrogen (secondary N) is 1. The first-order chi connectivity index (χ1) is 24.0. The zero-order chi connectivity index (χ0) is 36.6. The van der Waals surface area contributed by atoms with Crippen molar-refractivity contribution in [3.8, 4) is 23.0 Å². The number of methoxy groups -OCH3 is 2. The van der Waals surface area contributed by atoms with Gasteiger partial charge >= 0.3 is 12.0 Å². The van der Waals surface area contributed by atoms with Crippen LogP contribution < -0.4 is 20.5 Å². The molecule has 0 spiro atoms. The largest absolute Gasteiger partial charge is 0.480 e. The fourth-order valence-corrected chi connectivity index (χ4v) is 7.04. The number of ether oxygens (including phenoxy) is 2. The standard InChI is InChI=1S/C38H47F2N5O5/c1-7-13-45(14-8-2)36(48)38(27-17-28(39)19-29(40)18-27)32(23(4)15-30(33(38)41)35(46)47)25(9-3)21-42-20-24-11-10-12-26(16-24)31-22-43-37(50-6)44-34(31)49-5/h10-12,15-19,22,25,33,42H,7-9,13-14,20-21,41H2,1-6H3,(H,46,47)/t25-,33+,38?/m0/s1. The van der Waals surface area contributed by atoms with Gasteiger partial charge in [-0.1, -0.05) is 39.0 Å². The van der Waals surface area contributed by atoms with Gasteiger partial charge in [-0.25, -0.2) is 18.6 Å². The first-order valence-corrected chi connectivity index (χ1v) is 16.9. The number of rotatable bonds is 16. The van der Waals surface area contributed by atoms with Gasteiger partial charge in [0.2, 0.25) is 11.8 Å². The van der Waals surface area contributed by atoms with Crippen molar-refractivity contribution < 1.29 is 33.0 Å². The van der Waals surface area contributed by atoms with Crippen LogP contribution in [0.2, 0.25) is 0 Å². The predicted octanol–water partition coefficient (Wildman–Crippen LogP) is 5.81. The molecule has 50 heavy (non-hydrogen) atoms. The number of nitrogens with zero attached hydrogens (tertiary/aromatic N) is 3. The monoisotopic (exact) mass is 691 g/mol. The minimum Gasteiger partial charge on any atom is -0.480 e. The molecule has 2 aromatic carbocycles. The third kappa shape index (κ3) is 7.71. The van der Waals surface area contributed by atoms with E-state index < -0.39 is 35.0 Å². The molecule has 10 nitrogen and oxygen atoms in total. The fourth-order valence-electron chi connectivity index (χ4n) is 7.04. The number of benzene rings is 2. The van der Waals surface area contributed by atoms with Gasteiger partial charge < -0.3 is 30.5 Å². The summed E-state index contributed by atoms with van der Waals surface area (Å²) in [4.78, 5) is 37.8. The van der Waals surface area contributed by atoms with Crippen molar-refractivity contribution in [3.05, 3.63) is 94.2 Å². The number of nitrogens with two attached hydrogens (primary N) is 1. The molecule has 3 aromatic rings. The van der Waals surface area contributed by atoms with E-state index in [0.717, 1.165) is 29.3 Å². The Morgan fingerprint density at radius 3 is 2.32 bits per heavy atom. The second kappa shape index (κ2) is 16.8. The van der Waals surface area contributed by atoms with E-state index in [2.05, 4.69) is 15.3 Å². The summed E-state index contributed by atoms with van der Waals surface area (Å²) in [5.74, 6) is -3.54. The summed E-state index contributed by atoms with van der Waals surface area (Å²) >= 11 is 0. The predicted molar refractivity (Wildman–Crippen MR) is 188 cm³/mol. The molecule has 4 N–H and O–H groups in total. The van der Waals surface area contributed by atoms with E-state index in [1.54, 1.807) is 18.0 Å². The van der Waals surface area contributed by atoms with E-state index >= 15 is 13.6 Å². The minimum atomic E-state index is -1.88. The van der Waals surface area contributed by atoms with Crippen molar-refractivity contribution in [3.63, 3.8) is 0 Å². The van der Waals surface area contributed by atoms with Crippen LogP contribution in [-0.2, 0) is 21.5 Å². The van der Waals surface area contributed by atoms with Gasteiger partial charge in [-0.15, -0.1) is 0 Å². The van der Waals surface area contributed by atoms with Crippen LogP contribution in [0.3, 0.4) is 0 Å². The lowest BCUT2D eigenvalue weighted by molar-refractivity contribution is -0.137. The van der Waals surface area contributed by atoms with Crippen LogP contribution in [0.25, 0.3) is 11.1 Å². The summed E-state index contributed by atoms with van der Waals surface area (Å²) in [7, 11) is 3.00. The Labute approximate surface area is 292 Å². The maximum absolute atomic E-state index is 15.0. The molecule has 12 heteroatoms. The molecule has 1 aliphatic carbocycles. The fraction of sp³-hybridized carbons (Fsp3) is 0.421. The molecular weight excluding hydrogens is 644 g/mol. The van der Waals surface area contributed by atoms with Crippen LogP contribution in [0.4, 0.5) is 8.78 Å². The lowest BCUT2D eigenvalue weighted by atomic mass is 9.58. The Balaban J connectivity index is 1.79. The molecular formula is C38H47F2N5O5. The van der Waals surface area contributed by atoms with Gasteiger partial charge in [-0.05, 0) is 84.2 Å². The number of carbonyl (C=O) groups is 2. The van der Waals surface area contributed by atoms with Crippen molar-refractivity contribution in [1.29, 1.82) is 0 Å². The van der Waals surface area contributed by atoms with E-state index in [0.29, 0.717) is 68.0 Å². The van der Waals surface area contributed by atoms with Crippen LogP contribution >= 0.6 is 0 Å². The van der Waals surface area contributed by atoms with Gasteiger partial charge in [-0.3, -0.25) is 4.79 Å². The number of hydrogen-bond donors (Lipinski definition) is 3. The molecule has 1 unspecified atom stereocenters. The summed E-state index contributed by atoms with van der Waals surface area (Å²) in [6.45, 7) is 9.10. The van der Waals surface area contributed by atoms with Gasteiger partial charge in [0.05, 0.1) is 31.4 Å². The van der Waals surface area contributed by atoms with Crippen molar-refractivity contribution in [2.75, 3.05) is 33.9 Å². The number of amides is 1. The maximum atomic E-state index is 15.0. The van der Waals surface area contributed by atoms with E-state index in [9.17, 15) is 9.90 Å². The Hall–Kier alpha value is -4.68. The van der Waals surface area contributed by atoms with Crippen molar-refractivity contribution >= 4 is 11.9 Å². The second-order valence-electron chi connectivity index (χ2n) is 12.5. The van der Waals surface area contributed by atoms with Crippen LogP contribution in [0.5, 0.6) is 11.9 Å². The average Bonchev–Trinajstić information content (AvgIpc) is 3.10. The highest BCUT2D eigenvalue weighted by Gasteiger charge is 2.56. The van der Waals surface area contributed by atoms with Crippen molar-refractivity contribution in [2.24, 2.45) is 11.7 Å². The summed E-state index contributed by atoms with van der Waals surface area (Å²) in [5.41, 5.74) is 8.33. The minimum absolute atomic E-state index is 0.00675.